The zero-order valence-electron chi connectivity index (χ0n) is 16.3. The molecule has 0 bridgehead atoms. The number of sulfonamides is 1. The first-order chi connectivity index (χ1) is 13.6. The third-order valence-electron chi connectivity index (χ3n) is 5.84. The van der Waals surface area contributed by atoms with Gasteiger partial charge in [-0.15, -0.1) is 0 Å². The Morgan fingerprint density at radius 2 is 1.57 bits per heavy atom. The monoisotopic (exact) mass is 399 g/mol. The summed E-state index contributed by atoms with van der Waals surface area (Å²) in [5.74, 6) is 0. The average Bonchev–Trinajstić information content (AvgIpc) is 2.74. The molecule has 1 heterocycles. The molecule has 0 amide bonds. The van der Waals surface area contributed by atoms with E-state index in [0.29, 0.717) is 11.4 Å². The predicted molar refractivity (Wildman–Crippen MR) is 113 cm³/mol. The van der Waals surface area contributed by atoms with Crippen molar-refractivity contribution in [1.82, 2.24) is 9.62 Å². The molecule has 5 nitrogen and oxygen atoms in total. The molecule has 28 heavy (non-hydrogen) atoms. The van der Waals surface area contributed by atoms with Crippen molar-refractivity contribution in [2.45, 2.75) is 30.6 Å². The molecular formula is C22H29N3O2S. The van der Waals surface area contributed by atoms with E-state index in [0.717, 1.165) is 52.0 Å². The molecule has 0 spiro atoms. The number of piperazine rings is 1. The van der Waals surface area contributed by atoms with Crippen LogP contribution in [0.5, 0.6) is 0 Å². The van der Waals surface area contributed by atoms with Crippen LogP contribution in [0.25, 0.3) is 0 Å². The lowest BCUT2D eigenvalue weighted by Crippen LogP contribution is -2.48. The summed E-state index contributed by atoms with van der Waals surface area (Å²) in [6, 6.07) is 16.1. The lowest BCUT2D eigenvalue weighted by atomic mass is 9.92. The Morgan fingerprint density at radius 1 is 0.857 bits per heavy atom. The van der Waals surface area contributed by atoms with Crippen LogP contribution in [-0.2, 0) is 22.9 Å². The van der Waals surface area contributed by atoms with Crippen molar-refractivity contribution in [2.75, 3.05) is 44.2 Å². The fourth-order valence-electron chi connectivity index (χ4n) is 4.17. The summed E-state index contributed by atoms with van der Waals surface area (Å²) in [4.78, 5) is 5.12. The molecule has 2 aliphatic rings. The second-order valence-corrected chi connectivity index (χ2v) is 9.47. The fourth-order valence-corrected chi connectivity index (χ4v) is 5.24. The molecule has 0 saturated carbocycles. The normalized spacial score (nSPS) is 18.1. The highest BCUT2D eigenvalue weighted by Gasteiger charge is 2.20. The van der Waals surface area contributed by atoms with Gasteiger partial charge in [0.2, 0.25) is 10.0 Å². The van der Waals surface area contributed by atoms with Gasteiger partial charge in [0.1, 0.15) is 0 Å². The summed E-state index contributed by atoms with van der Waals surface area (Å²) in [6.45, 7) is 5.05. The molecule has 0 unspecified atom stereocenters. The average molecular weight is 400 g/mol. The number of fused-ring (bicyclic) bond motifs is 1. The second-order valence-electron chi connectivity index (χ2n) is 7.70. The summed E-state index contributed by atoms with van der Waals surface area (Å²) in [5.41, 5.74) is 3.77. The number of nitrogens with one attached hydrogen (secondary N) is 1. The zero-order chi connectivity index (χ0) is 19.4. The number of para-hydroxylation sites is 1. The van der Waals surface area contributed by atoms with E-state index in [1.807, 2.05) is 18.2 Å². The van der Waals surface area contributed by atoms with Gasteiger partial charge in [0.25, 0.3) is 0 Å². The van der Waals surface area contributed by atoms with Crippen molar-refractivity contribution in [3.8, 4) is 0 Å². The molecule has 0 aromatic heterocycles. The summed E-state index contributed by atoms with van der Waals surface area (Å²) in [6.07, 6.45) is 4.41. The van der Waals surface area contributed by atoms with Gasteiger partial charge in [0.15, 0.2) is 0 Å². The Hall–Kier alpha value is -1.89. The van der Waals surface area contributed by atoms with Crippen molar-refractivity contribution < 1.29 is 8.42 Å². The molecule has 1 aliphatic carbocycles. The summed E-state index contributed by atoms with van der Waals surface area (Å²) in [7, 11) is -3.44. The number of nitrogens with zero attached hydrogens (tertiary/aromatic N) is 2. The van der Waals surface area contributed by atoms with E-state index in [9.17, 15) is 8.42 Å². The van der Waals surface area contributed by atoms with Gasteiger partial charge >= 0.3 is 0 Å². The van der Waals surface area contributed by atoms with Crippen LogP contribution in [0.2, 0.25) is 0 Å². The minimum atomic E-state index is -3.44. The van der Waals surface area contributed by atoms with Gasteiger partial charge in [-0.2, -0.15) is 0 Å². The van der Waals surface area contributed by atoms with E-state index in [2.05, 4.69) is 38.8 Å². The highest BCUT2D eigenvalue weighted by atomic mass is 32.2. The van der Waals surface area contributed by atoms with Crippen molar-refractivity contribution in [3.05, 3.63) is 59.7 Å². The third-order valence-corrected chi connectivity index (χ3v) is 7.30. The lowest BCUT2D eigenvalue weighted by molar-refractivity contribution is 0.262. The van der Waals surface area contributed by atoms with Crippen LogP contribution in [-0.4, -0.2) is 52.6 Å². The summed E-state index contributed by atoms with van der Waals surface area (Å²) < 4.78 is 28.1. The Kier molecular flexibility index (Phi) is 5.99. The van der Waals surface area contributed by atoms with Gasteiger partial charge in [0, 0.05) is 45.0 Å². The van der Waals surface area contributed by atoms with Crippen molar-refractivity contribution in [2.24, 2.45) is 0 Å². The van der Waals surface area contributed by atoms with Crippen LogP contribution in [0, 0.1) is 0 Å². The SMILES string of the molecule is O=S(=O)(NCCN1CCN(c2ccccc2)CC1)c1ccc2c(c1)CCCC2. The minimum Gasteiger partial charge on any atom is -0.369 e. The first-order valence-electron chi connectivity index (χ1n) is 10.3. The van der Waals surface area contributed by atoms with Gasteiger partial charge in [0.05, 0.1) is 4.90 Å². The van der Waals surface area contributed by atoms with Crippen LogP contribution >= 0.6 is 0 Å². The van der Waals surface area contributed by atoms with E-state index >= 15 is 0 Å². The van der Waals surface area contributed by atoms with E-state index in [1.165, 1.54) is 23.2 Å². The first kappa shape index (κ1) is 19.4. The predicted octanol–water partition coefficient (Wildman–Crippen LogP) is 2.67. The number of hydrogen-bond acceptors (Lipinski definition) is 4. The van der Waals surface area contributed by atoms with Gasteiger partial charge in [-0.25, -0.2) is 13.1 Å². The molecule has 1 N–H and O–H groups in total. The largest absolute Gasteiger partial charge is 0.369 e. The minimum absolute atomic E-state index is 0.405. The molecule has 1 aliphatic heterocycles. The van der Waals surface area contributed by atoms with Crippen molar-refractivity contribution >= 4 is 15.7 Å². The Bertz CT molecular complexity index is 891. The van der Waals surface area contributed by atoms with Gasteiger partial charge in [-0.1, -0.05) is 24.3 Å². The smallest absolute Gasteiger partial charge is 0.240 e. The molecule has 2 aromatic carbocycles. The standard InChI is InChI=1S/C22H29N3O2S/c26-28(27,22-11-10-19-6-4-5-7-20(19)18-22)23-12-13-24-14-16-25(17-15-24)21-8-2-1-3-9-21/h1-3,8-11,18,23H,4-7,12-17H2. The maximum absolute atomic E-state index is 12.7. The highest BCUT2D eigenvalue weighted by molar-refractivity contribution is 7.89. The summed E-state index contributed by atoms with van der Waals surface area (Å²) in [5, 5.41) is 0. The topological polar surface area (TPSA) is 52.7 Å². The maximum Gasteiger partial charge on any atom is 0.240 e. The number of rotatable bonds is 6. The molecular weight excluding hydrogens is 370 g/mol. The lowest BCUT2D eigenvalue weighted by Gasteiger charge is -2.36. The molecule has 1 saturated heterocycles. The molecule has 0 atom stereocenters. The van der Waals surface area contributed by atoms with Gasteiger partial charge in [-0.05, 0) is 61.1 Å². The Morgan fingerprint density at radius 3 is 2.32 bits per heavy atom. The van der Waals surface area contributed by atoms with Gasteiger partial charge < -0.3 is 4.90 Å². The quantitative estimate of drug-likeness (QED) is 0.811. The molecule has 150 valence electrons. The third kappa shape index (κ3) is 4.57. The van der Waals surface area contributed by atoms with Gasteiger partial charge in [-0.3, -0.25) is 4.90 Å². The number of benzene rings is 2. The number of anilines is 1. The van der Waals surface area contributed by atoms with E-state index in [4.69, 9.17) is 0 Å². The molecule has 2 aromatic rings. The van der Waals surface area contributed by atoms with Crippen LogP contribution in [0.1, 0.15) is 24.0 Å². The molecule has 6 heteroatoms. The van der Waals surface area contributed by atoms with Crippen LogP contribution in [0.15, 0.2) is 53.4 Å². The van der Waals surface area contributed by atoms with Crippen LogP contribution in [0.4, 0.5) is 5.69 Å². The highest BCUT2D eigenvalue weighted by Crippen LogP contribution is 2.24. The zero-order valence-corrected chi connectivity index (χ0v) is 17.1. The number of aryl methyl sites for hydroxylation is 2. The van der Waals surface area contributed by atoms with Crippen molar-refractivity contribution in [1.29, 1.82) is 0 Å². The second kappa shape index (κ2) is 8.64. The molecule has 0 radical (unpaired) electrons. The van der Waals surface area contributed by atoms with Crippen LogP contribution in [0.3, 0.4) is 0 Å². The van der Waals surface area contributed by atoms with Crippen LogP contribution < -0.4 is 9.62 Å². The first-order valence-corrected chi connectivity index (χ1v) is 11.7. The van der Waals surface area contributed by atoms with E-state index in [-0.39, 0.29) is 0 Å². The molecule has 1 fully saturated rings. The fraction of sp³-hybridized carbons (Fsp3) is 0.455. The Labute approximate surface area is 168 Å². The number of hydrogen-bond donors (Lipinski definition) is 1. The summed E-state index contributed by atoms with van der Waals surface area (Å²) >= 11 is 0. The maximum atomic E-state index is 12.7. The molecule has 4 rings (SSSR count). The van der Waals surface area contributed by atoms with Crippen molar-refractivity contribution in [3.63, 3.8) is 0 Å². The Balaban J connectivity index is 1.27. The van der Waals surface area contributed by atoms with E-state index < -0.39 is 10.0 Å². The van der Waals surface area contributed by atoms with E-state index in [1.54, 1.807) is 6.07 Å².